The molecule has 1 aliphatic heterocycles. The molecule has 0 amide bonds. The summed E-state index contributed by atoms with van der Waals surface area (Å²) in [5.41, 5.74) is 0.668. The van der Waals surface area contributed by atoms with Crippen molar-refractivity contribution >= 4 is 11.8 Å². The molecule has 0 bridgehead atoms. The van der Waals surface area contributed by atoms with Crippen LogP contribution >= 0.6 is 11.8 Å². The Kier molecular flexibility index (Phi) is 7.07. The van der Waals surface area contributed by atoms with Crippen molar-refractivity contribution in [3.8, 4) is 0 Å². The van der Waals surface area contributed by atoms with Crippen molar-refractivity contribution < 1.29 is 17.9 Å². The van der Waals surface area contributed by atoms with Crippen molar-refractivity contribution in [1.29, 1.82) is 0 Å². The van der Waals surface area contributed by atoms with Gasteiger partial charge in [0.15, 0.2) is 0 Å². The molecule has 0 aromatic heterocycles. The summed E-state index contributed by atoms with van der Waals surface area (Å²) in [6.07, 6.45) is -4.46. The summed E-state index contributed by atoms with van der Waals surface area (Å²) in [5, 5.41) is -0.0536. The first-order valence-electron chi connectivity index (χ1n) is 9.55. The fraction of sp³-hybridized carbons (Fsp3) is 0.455. The highest BCUT2D eigenvalue weighted by molar-refractivity contribution is 8.00. The molecule has 28 heavy (non-hydrogen) atoms. The molecular formula is C22H26F3NOS. The Morgan fingerprint density at radius 2 is 1.75 bits per heavy atom. The predicted octanol–water partition coefficient (Wildman–Crippen LogP) is 5.72. The number of nitrogens with zero attached hydrogens (tertiary/aromatic N) is 1. The van der Waals surface area contributed by atoms with Crippen LogP contribution in [0.3, 0.4) is 0 Å². The molecule has 0 N–H and O–H groups in total. The normalized spacial score (nSPS) is 19.7. The number of hydrogen-bond donors (Lipinski definition) is 0. The molecule has 152 valence electrons. The summed E-state index contributed by atoms with van der Waals surface area (Å²) in [5.74, 6) is 0.188. The Morgan fingerprint density at radius 3 is 2.43 bits per heavy atom. The van der Waals surface area contributed by atoms with Gasteiger partial charge in [-0.15, -0.1) is 11.8 Å². The van der Waals surface area contributed by atoms with E-state index in [1.54, 1.807) is 12.1 Å². The monoisotopic (exact) mass is 409 g/mol. The first-order valence-corrected chi connectivity index (χ1v) is 10.4. The van der Waals surface area contributed by atoms with Crippen molar-refractivity contribution in [2.45, 2.75) is 42.8 Å². The van der Waals surface area contributed by atoms with Crippen LogP contribution in [0.5, 0.6) is 0 Å². The number of morpholine rings is 1. The number of halogens is 3. The number of rotatable bonds is 6. The van der Waals surface area contributed by atoms with E-state index >= 15 is 0 Å². The van der Waals surface area contributed by atoms with Gasteiger partial charge in [0, 0.05) is 29.8 Å². The molecule has 1 heterocycles. The summed E-state index contributed by atoms with van der Waals surface area (Å²) < 4.78 is 46.2. The second kappa shape index (κ2) is 9.33. The van der Waals surface area contributed by atoms with E-state index in [9.17, 15) is 13.2 Å². The van der Waals surface area contributed by atoms with E-state index in [2.05, 4.69) is 17.0 Å². The van der Waals surface area contributed by atoms with E-state index in [4.69, 9.17) is 4.74 Å². The molecule has 1 saturated heterocycles. The highest BCUT2D eigenvalue weighted by Crippen LogP contribution is 2.41. The maximum Gasteiger partial charge on any atom is 0.417 e. The molecule has 0 saturated carbocycles. The molecule has 2 aromatic carbocycles. The van der Waals surface area contributed by atoms with E-state index in [0.717, 1.165) is 25.7 Å². The summed E-state index contributed by atoms with van der Waals surface area (Å²) in [6.45, 7) is 7.08. The molecule has 1 aliphatic rings. The van der Waals surface area contributed by atoms with Crippen LogP contribution < -0.4 is 0 Å². The van der Waals surface area contributed by atoms with Crippen LogP contribution in [0.4, 0.5) is 13.2 Å². The lowest BCUT2D eigenvalue weighted by molar-refractivity contribution is -0.139. The number of benzene rings is 2. The summed E-state index contributed by atoms with van der Waals surface area (Å²) in [4.78, 5) is 2.60. The van der Waals surface area contributed by atoms with Gasteiger partial charge in [-0.25, -0.2) is 0 Å². The average molecular weight is 410 g/mol. The van der Waals surface area contributed by atoms with Crippen molar-refractivity contribution in [2.24, 2.45) is 5.92 Å². The van der Waals surface area contributed by atoms with Gasteiger partial charge in [-0.2, -0.15) is 13.2 Å². The SMILES string of the molecule is CC(C)C(Sc1ccccc1C(F)(F)F)C1CN(Cc2ccccc2)CCO1. The van der Waals surface area contributed by atoms with Gasteiger partial charge in [-0.3, -0.25) is 4.90 Å². The van der Waals surface area contributed by atoms with Gasteiger partial charge < -0.3 is 4.74 Å². The summed E-state index contributed by atoms with van der Waals surface area (Å²) in [6, 6.07) is 16.1. The molecule has 1 fully saturated rings. The third-order valence-electron chi connectivity index (χ3n) is 4.91. The van der Waals surface area contributed by atoms with Crippen molar-refractivity contribution in [3.05, 3.63) is 65.7 Å². The summed E-state index contributed by atoms with van der Waals surface area (Å²) >= 11 is 1.29. The van der Waals surface area contributed by atoms with Crippen LogP contribution in [0.1, 0.15) is 25.0 Å². The lowest BCUT2D eigenvalue weighted by atomic mass is 10.0. The Bertz CT molecular complexity index is 751. The number of ether oxygens (including phenoxy) is 1. The number of alkyl halides is 3. The smallest absolute Gasteiger partial charge is 0.374 e. The Hall–Kier alpha value is -1.50. The fourth-order valence-electron chi connectivity index (χ4n) is 3.51. The minimum Gasteiger partial charge on any atom is -0.374 e. The van der Waals surface area contributed by atoms with Gasteiger partial charge in [-0.1, -0.05) is 56.3 Å². The van der Waals surface area contributed by atoms with Gasteiger partial charge in [0.25, 0.3) is 0 Å². The van der Waals surface area contributed by atoms with E-state index in [-0.39, 0.29) is 22.2 Å². The van der Waals surface area contributed by atoms with Crippen molar-refractivity contribution in [2.75, 3.05) is 19.7 Å². The molecule has 2 nitrogen and oxygen atoms in total. The van der Waals surface area contributed by atoms with Crippen LogP contribution in [0, 0.1) is 5.92 Å². The molecule has 0 aliphatic carbocycles. The van der Waals surface area contributed by atoms with Crippen LogP contribution in [-0.4, -0.2) is 36.0 Å². The number of hydrogen-bond acceptors (Lipinski definition) is 3. The van der Waals surface area contributed by atoms with Gasteiger partial charge in [-0.05, 0) is 23.6 Å². The van der Waals surface area contributed by atoms with Crippen LogP contribution in [-0.2, 0) is 17.5 Å². The highest BCUT2D eigenvalue weighted by Gasteiger charge is 2.36. The second-order valence-electron chi connectivity index (χ2n) is 7.45. The average Bonchev–Trinajstić information content (AvgIpc) is 2.66. The van der Waals surface area contributed by atoms with E-state index in [1.807, 2.05) is 32.0 Å². The molecular weight excluding hydrogens is 383 g/mol. The minimum atomic E-state index is -4.35. The maximum atomic E-state index is 13.4. The first-order chi connectivity index (χ1) is 13.3. The molecule has 6 heteroatoms. The standard InChI is InChI=1S/C22H26F3NOS/c1-16(2)21(28-20-11-7-6-10-18(20)22(23,24)25)19-15-26(12-13-27-19)14-17-8-4-3-5-9-17/h3-11,16,19,21H,12-15H2,1-2H3. The minimum absolute atomic E-state index is 0.0536. The molecule has 2 atom stereocenters. The van der Waals surface area contributed by atoms with Gasteiger partial charge in [0.1, 0.15) is 0 Å². The van der Waals surface area contributed by atoms with Gasteiger partial charge >= 0.3 is 6.18 Å². The number of thioether (sulfide) groups is 1. The van der Waals surface area contributed by atoms with Crippen molar-refractivity contribution in [3.63, 3.8) is 0 Å². The maximum absolute atomic E-state index is 13.4. The first kappa shape index (κ1) is 21.2. The van der Waals surface area contributed by atoms with Crippen LogP contribution in [0.2, 0.25) is 0 Å². The highest BCUT2D eigenvalue weighted by atomic mass is 32.2. The van der Waals surface area contributed by atoms with Gasteiger partial charge in [0.05, 0.1) is 18.3 Å². The molecule has 2 aromatic rings. The Morgan fingerprint density at radius 1 is 1.07 bits per heavy atom. The quantitative estimate of drug-likeness (QED) is 0.566. The van der Waals surface area contributed by atoms with Crippen LogP contribution in [0.15, 0.2) is 59.5 Å². The third-order valence-corrected chi connectivity index (χ3v) is 6.64. The zero-order valence-corrected chi connectivity index (χ0v) is 17.0. The van der Waals surface area contributed by atoms with Gasteiger partial charge in [0.2, 0.25) is 0 Å². The molecule has 0 spiro atoms. The largest absolute Gasteiger partial charge is 0.417 e. The lowest BCUT2D eigenvalue weighted by Gasteiger charge is -2.38. The van der Waals surface area contributed by atoms with Crippen LogP contribution in [0.25, 0.3) is 0 Å². The fourth-order valence-corrected chi connectivity index (χ4v) is 4.86. The topological polar surface area (TPSA) is 12.5 Å². The second-order valence-corrected chi connectivity index (χ2v) is 8.67. The van der Waals surface area contributed by atoms with E-state index in [0.29, 0.717) is 6.61 Å². The zero-order chi connectivity index (χ0) is 20.1. The Balaban J connectivity index is 1.74. The molecule has 0 radical (unpaired) electrons. The predicted molar refractivity (Wildman–Crippen MR) is 107 cm³/mol. The summed E-state index contributed by atoms with van der Waals surface area (Å²) in [7, 11) is 0. The molecule has 3 rings (SSSR count). The third kappa shape index (κ3) is 5.52. The Labute approximate surface area is 169 Å². The lowest BCUT2D eigenvalue weighted by Crippen LogP contribution is -2.47. The van der Waals surface area contributed by atoms with E-state index in [1.165, 1.54) is 23.4 Å². The van der Waals surface area contributed by atoms with E-state index < -0.39 is 11.7 Å². The van der Waals surface area contributed by atoms with Crippen molar-refractivity contribution in [1.82, 2.24) is 4.90 Å². The zero-order valence-electron chi connectivity index (χ0n) is 16.2. The molecule has 2 unspecified atom stereocenters.